The topological polar surface area (TPSA) is 46.2 Å². The van der Waals surface area contributed by atoms with Crippen LogP contribution in [0.5, 0.6) is 0 Å². The maximum absolute atomic E-state index is 8.67. The van der Waals surface area contributed by atoms with Crippen LogP contribution < -0.4 is 5.73 Å². The van der Waals surface area contributed by atoms with Crippen LogP contribution in [0.3, 0.4) is 0 Å². The lowest BCUT2D eigenvalue weighted by atomic mass is 10.1. The molecule has 0 bridgehead atoms. The van der Waals surface area contributed by atoms with Gasteiger partial charge in [0.15, 0.2) is 0 Å². The second-order valence-electron chi connectivity index (χ2n) is 3.79. The van der Waals surface area contributed by atoms with E-state index in [1.807, 2.05) is 11.8 Å². The Morgan fingerprint density at radius 2 is 2.00 bits per heavy atom. The molecule has 0 heterocycles. The molecule has 2 unspecified atom stereocenters. The van der Waals surface area contributed by atoms with Crippen molar-refractivity contribution in [3.8, 4) is 0 Å². The van der Waals surface area contributed by atoms with Crippen LogP contribution in [-0.4, -0.2) is 28.8 Å². The lowest BCUT2D eigenvalue weighted by Crippen LogP contribution is -2.31. The molecule has 0 aliphatic heterocycles. The molecular weight excluding hydrogens is 182 g/mol. The Morgan fingerprint density at radius 3 is 2.77 bits per heavy atom. The summed E-state index contributed by atoms with van der Waals surface area (Å²) < 4.78 is 0. The zero-order chi connectivity index (χ0) is 9.52. The number of hydrogen-bond donors (Lipinski definition) is 2. The van der Waals surface area contributed by atoms with Crippen LogP contribution in [0.2, 0.25) is 0 Å². The Bertz CT molecular complexity index is 132. The summed E-state index contributed by atoms with van der Waals surface area (Å²) in [7, 11) is 0. The molecule has 0 saturated heterocycles. The molecule has 3 N–H and O–H groups in total. The molecule has 0 amide bonds. The molecule has 1 fully saturated rings. The maximum Gasteiger partial charge on any atom is 0.0438 e. The minimum atomic E-state index is 0.314. The summed E-state index contributed by atoms with van der Waals surface area (Å²) in [6.45, 7) is 0.314. The monoisotopic (exact) mass is 203 g/mol. The molecular formula is C10H21NOS. The first-order valence-corrected chi connectivity index (χ1v) is 6.37. The Balaban J connectivity index is 2.19. The fourth-order valence-corrected chi connectivity index (χ4v) is 3.12. The summed E-state index contributed by atoms with van der Waals surface area (Å²) in [5, 5.41) is 9.32. The molecule has 1 saturated carbocycles. The van der Waals surface area contributed by atoms with Crippen LogP contribution in [0.15, 0.2) is 0 Å². The molecule has 0 aromatic rings. The second kappa shape index (κ2) is 6.68. The third-order valence-corrected chi connectivity index (χ3v) is 4.18. The van der Waals surface area contributed by atoms with Gasteiger partial charge in [-0.1, -0.05) is 19.3 Å². The first-order valence-electron chi connectivity index (χ1n) is 5.32. The molecule has 0 aromatic carbocycles. The van der Waals surface area contributed by atoms with Crippen LogP contribution in [-0.2, 0) is 0 Å². The highest BCUT2D eigenvalue weighted by atomic mass is 32.2. The van der Waals surface area contributed by atoms with E-state index in [2.05, 4.69) is 0 Å². The van der Waals surface area contributed by atoms with Crippen molar-refractivity contribution in [1.29, 1.82) is 0 Å². The summed E-state index contributed by atoms with van der Waals surface area (Å²) in [4.78, 5) is 0. The third kappa shape index (κ3) is 4.34. The lowest BCUT2D eigenvalue weighted by molar-refractivity contribution is 0.296. The Hall–Kier alpha value is 0.270. The summed E-state index contributed by atoms with van der Waals surface area (Å²) >= 11 is 1.96. The van der Waals surface area contributed by atoms with E-state index in [-0.39, 0.29) is 0 Å². The lowest BCUT2D eigenvalue weighted by Gasteiger charge is -2.20. The number of aliphatic hydroxyl groups is 1. The van der Waals surface area contributed by atoms with E-state index in [1.165, 1.54) is 32.1 Å². The number of nitrogens with two attached hydrogens (primary N) is 1. The predicted molar refractivity (Wildman–Crippen MR) is 59.0 cm³/mol. The quantitative estimate of drug-likeness (QED) is 0.540. The highest BCUT2D eigenvalue weighted by molar-refractivity contribution is 7.99. The molecule has 1 aliphatic rings. The number of aliphatic hydroxyl groups excluding tert-OH is 1. The summed E-state index contributed by atoms with van der Waals surface area (Å²) in [5.74, 6) is 1.06. The zero-order valence-corrected chi connectivity index (χ0v) is 9.06. The molecule has 0 radical (unpaired) electrons. The first kappa shape index (κ1) is 11.3. The second-order valence-corrected chi connectivity index (χ2v) is 5.14. The normalized spacial score (nSPS) is 30.0. The van der Waals surface area contributed by atoms with E-state index in [9.17, 15) is 0 Å². The fourth-order valence-electron chi connectivity index (χ4n) is 1.81. The standard InChI is InChI=1S/C10H21NOS/c11-9-5-2-1-3-6-10(9)13-8-4-7-12/h9-10,12H,1-8,11H2. The predicted octanol–water partition coefficient (Wildman–Crippen LogP) is 1.76. The van der Waals surface area contributed by atoms with Gasteiger partial charge in [0.1, 0.15) is 0 Å². The zero-order valence-electron chi connectivity index (χ0n) is 8.24. The Kier molecular flexibility index (Phi) is 5.83. The van der Waals surface area contributed by atoms with Gasteiger partial charge in [-0.05, 0) is 25.0 Å². The fraction of sp³-hybridized carbons (Fsp3) is 1.00. The van der Waals surface area contributed by atoms with Gasteiger partial charge in [0.2, 0.25) is 0 Å². The summed E-state index contributed by atoms with van der Waals surface area (Å²) in [6.07, 6.45) is 7.37. The SMILES string of the molecule is NC1CCCCCC1SCCCO. The van der Waals surface area contributed by atoms with E-state index >= 15 is 0 Å². The number of rotatable bonds is 4. The molecule has 3 heteroatoms. The van der Waals surface area contributed by atoms with Crippen LogP contribution in [0.4, 0.5) is 0 Å². The van der Waals surface area contributed by atoms with Gasteiger partial charge in [0.25, 0.3) is 0 Å². The average molecular weight is 203 g/mol. The molecule has 1 rings (SSSR count). The van der Waals surface area contributed by atoms with E-state index in [1.54, 1.807) is 0 Å². The number of thioether (sulfide) groups is 1. The minimum absolute atomic E-state index is 0.314. The van der Waals surface area contributed by atoms with Gasteiger partial charge in [0, 0.05) is 17.9 Å². The van der Waals surface area contributed by atoms with Crippen molar-refractivity contribution in [3.63, 3.8) is 0 Å². The highest BCUT2D eigenvalue weighted by Gasteiger charge is 2.19. The van der Waals surface area contributed by atoms with E-state index in [4.69, 9.17) is 10.8 Å². The maximum atomic E-state index is 8.67. The third-order valence-electron chi connectivity index (χ3n) is 2.64. The van der Waals surface area contributed by atoms with Crippen molar-refractivity contribution in [2.24, 2.45) is 5.73 Å². The summed E-state index contributed by atoms with van der Waals surface area (Å²) in [6, 6.07) is 0.395. The van der Waals surface area contributed by atoms with Gasteiger partial charge < -0.3 is 10.8 Å². The first-order chi connectivity index (χ1) is 6.34. The molecule has 0 spiro atoms. The molecule has 78 valence electrons. The van der Waals surface area contributed by atoms with E-state index < -0.39 is 0 Å². The molecule has 0 aromatic heterocycles. The van der Waals surface area contributed by atoms with Crippen LogP contribution in [0.1, 0.15) is 38.5 Å². The average Bonchev–Trinajstić information content (AvgIpc) is 2.32. The molecule has 2 atom stereocenters. The molecule has 13 heavy (non-hydrogen) atoms. The number of hydrogen-bond acceptors (Lipinski definition) is 3. The van der Waals surface area contributed by atoms with Crippen LogP contribution in [0.25, 0.3) is 0 Å². The molecule has 2 nitrogen and oxygen atoms in total. The van der Waals surface area contributed by atoms with Crippen molar-refractivity contribution in [2.45, 2.75) is 49.8 Å². The van der Waals surface area contributed by atoms with Crippen LogP contribution >= 0.6 is 11.8 Å². The van der Waals surface area contributed by atoms with Gasteiger partial charge in [-0.2, -0.15) is 11.8 Å². The van der Waals surface area contributed by atoms with E-state index in [0.717, 1.165) is 12.2 Å². The minimum Gasteiger partial charge on any atom is -0.396 e. The van der Waals surface area contributed by atoms with Crippen molar-refractivity contribution < 1.29 is 5.11 Å². The highest BCUT2D eigenvalue weighted by Crippen LogP contribution is 2.26. The van der Waals surface area contributed by atoms with Crippen molar-refractivity contribution in [1.82, 2.24) is 0 Å². The van der Waals surface area contributed by atoms with Gasteiger partial charge in [-0.3, -0.25) is 0 Å². The molecule has 1 aliphatic carbocycles. The van der Waals surface area contributed by atoms with Gasteiger partial charge in [-0.15, -0.1) is 0 Å². The van der Waals surface area contributed by atoms with Gasteiger partial charge in [0.05, 0.1) is 0 Å². The smallest absolute Gasteiger partial charge is 0.0438 e. The summed E-state index contributed by atoms with van der Waals surface area (Å²) in [5.41, 5.74) is 6.08. The van der Waals surface area contributed by atoms with Crippen molar-refractivity contribution in [3.05, 3.63) is 0 Å². The Morgan fingerprint density at radius 1 is 1.23 bits per heavy atom. The van der Waals surface area contributed by atoms with Gasteiger partial charge >= 0.3 is 0 Å². The van der Waals surface area contributed by atoms with Crippen molar-refractivity contribution in [2.75, 3.05) is 12.4 Å². The Labute approximate surface area is 85.3 Å². The van der Waals surface area contributed by atoms with Gasteiger partial charge in [-0.25, -0.2) is 0 Å². The van der Waals surface area contributed by atoms with Crippen molar-refractivity contribution >= 4 is 11.8 Å². The van der Waals surface area contributed by atoms with Crippen LogP contribution in [0, 0.1) is 0 Å². The van der Waals surface area contributed by atoms with E-state index in [0.29, 0.717) is 17.9 Å². The largest absolute Gasteiger partial charge is 0.396 e.